The lowest BCUT2D eigenvalue weighted by Crippen LogP contribution is -2.38. The van der Waals surface area contributed by atoms with Crippen molar-refractivity contribution >= 4 is 10.8 Å². The Morgan fingerprint density at radius 3 is 3.00 bits per heavy atom. The van der Waals surface area contributed by atoms with E-state index >= 15 is 0 Å². The van der Waals surface area contributed by atoms with Crippen molar-refractivity contribution in [2.75, 3.05) is 25.2 Å². The molecule has 0 bridgehead atoms. The fourth-order valence-electron chi connectivity index (χ4n) is 1.50. The second-order valence-electron chi connectivity index (χ2n) is 4.30. The molecule has 3 unspecified atom stereocenters. The molecule has 6 heteroatoms. The second kappa shape index (κ2) is 8.42. The average molecular weight is 275 g/mol. The third-order valence-corrected chi connectivity index (χ3v) is 3.29. The fourth-order valence-corrected chi connectivity index (χ4v) is 2.32. The monoisotopic (exact) mass is 275 g/mol. The molecule has 0 aliphatic heterocycles. The molecule has 104 valence electrons. The number of furan rings is 1. The van der Waals surface area contributed by atoms with Crippen molar-refractivity contribution in [2.45, 2.75) is 25.7 Å². The van der Waals surface area contributed by atoms with Gasteiger partial charge < -0.3 is 19.6 Å². The molecule has 18 heavy (non-hydrogen) atoms. The minimum atomic E-state index is -0.824. The minimum absolute atomic E-state index is 0.121. The van der Waals surface area contributed by atoms with E-state index < -0.39 is 16.9 Å². The Bertz CT molecular complexity index is 342. The summed E-state index contributed by atoms with van der Waals surface area (Å²) in [5.41, 5.74) is 0. The average Bonchev–Trinajstić information content (AvgIpc) is 2.78. The fraction of sp³-hybridized carbons (Fsp3) is 0.667. The van der Waals surface area contributed by atoms with Crippen molar-refractivity contribution in [3.05, 3.63) is 24.2 Å². The number of hydrogen-bond acceptors (Lipinski definition) is 5. The maximum Gasteiger partial charge on any atom is 0.129 e. The Morgan fingerprint density at radius 1 is 1.61 bits per heavy atom. The standard InChI is InChI=1S/C12H21NO4S/c1-10(9-18(2)15)13-6-11(14)7-16-8-12-4-3-5-17-12/h3-5,10-11,13-14H,6-9H2,1-2H3. The van der Waals surface area contributed by atoms with Gasteiger partial charge in [-0.2, -0.15) is 0 Å². The lowest BCUT2D eigenvalue weighted by atomic mass is 10.3. The zero-order valence-electron chi connectivity index (χ0n) is 10.8. The molecule has 0 spiro atoms. The molecule has 0 radical (unpaired) electrons. The van der Waals surface area contributed by atoms with Gasteiger partial charge in [-0.25, -0.2) is 0 Å². The summed E-state index contributed by atoms with van der Waals surface area (Å²) in [4.78, 5) is 0. The van der Waals surface area contributed by atoms with Gasteiger partial charge in [-0.3, -0.25) is 4.21 Å². The van der Waals surface area contributed by atoms with Crippen LogP contribution < -0.4 is 5.32 Å². The van der Waals surface area contributed by atoms with Gasteiger partial charge in [0.1, 0.15) is 12.4 Å². The highest BCUT2D eigenvalue weighted by Gasteiger charge is 2.08. The van der Waals surface area contributed by atoms with Gasteiger partial charge in [-0.15, -0.1) is 0 Å². The Kier molecular flexibility index (Phi) is 7.19. The van der Waals surface area contributed by atoms with E-state index in [1.54, 1.807) is 18.6 Å². The van der Waals surface area contributed by atoms with E-state index in [9.17, 15) is 9.32 Å². The van der Waals surface area contributed by atoms with Gasteiger partial charge in [0.15, 0.2) is 0 Å². The first-order valence-electron chi connectivity index (χ1n) is 5.89. The van der Waals surface area contributed by atoms with Gasteiger partial charge in [-0.05, 0) is 19.1 Å². The van der Waals surface area contributed by atoms with E-state index in [-0.39, 0.29) is 12.6 Å². The van der Waals surface area contributed by atoms with E-state index in [0.717, 1.165) is 5.76 Å². The molecule has 3 atom stereocenters. The van der Waals surface area contributed by atoms with Gasteiger partial charge in [0.05, 0.1) is 19.0 Å². The third kappa shape index (κ3) is 6.90. The maximum absolute atomic E-state index is 11.0. The highest BCUT2D eigenvalue weighted by atomic mass is 32.2. The Morgan fingerprint density at radius 2 is 2.39 bits per heavy atom. The summed E-state index contributed by atoms with van der Waals surface area (Å²) in [6.07, 6.45) is 2.68. The van der Waals surface area contributed by atoms with Crippen molar-refractivity contribution in [3.8, 4) is 0 Å². The molecule has 0 amide bonds. The van der Waals surface area contributed by atoms with Gasteiger partial charge in [0.25, 0.3) is 0 Å². The number of ether oxygens (including phenoxy) is 1. The number of nitrogens with one attached hydrogen (secondary N) is 1. The van der Waals surface area contributed by atoms with Crippen molar-refractivity contribution in [3.63, 3.8) is 0 Å². The Hall–Kier alpha value is -0.690. The first-order valence-corrected chi connectivity index (χ1v) is 7.62. The maximum atomic E-state index is 11.0. The molecule has 1 rings (SSSR count). The molecule has 0 aliphatic carbocycles. The number of aliphatic hydroxyl groups excluding tert-OH is 1. The molecule has 0 fully saturated rings. The van der Waals surface area contributed by atoms with E-state index in [2.05, 4.69) is 5.32 Å². The largest absolute Gasteiger partial charge is 0.467 e. The van der Waals surface area contributed by atoms with E-state index in [1.165, 1.54) is 0 Å². The van der Waals surface area contributed by atoms with Crippen molar-refractivity contribution in [2.24, 2.45) is 0 Å². The summed E-state index contributed by atoms with van der Waals surface area (Å²) in [7, 11) is -0.824. The summed E-state index contributed by atoms with van der Waals surface area (Å²) in [5.74, 6) is 1.32. The van der Waals surface area contributed by atoms with E-state index in [0.29, 0.717) is 18.9 Å². The van der Waals surface area contributed by atoms with Crippen LogP contribution in [-0.4, -0.2) is 46.6 Å². The smallest absolute Gasteiger partial charge is 0.129 e. The van der Waals surface area contributed by atoms with Crippen LogP contribution >= 0.6 is 0 Å². The number of hydrogen-bond donors (Lipinski definition) is 2. The summed E-state index contributed by atoms with van der Waals surface area (Å²) in [6.45, 7) is 2.97. The second-order valence-corrected chi connectivity index (χ2v) is 5.78. The zero-order chi connectivity index (χ0) is 13.4. The van der Waals surface area contributed by atoms with Gasteiger partial charge in [-0.1, -0.05) is 0 Å². The predicted molar refractivity (Wildman–Crippen MR) is 70.8 cm³/mol. The summed E-state index contributed by atoms with van der Waals surface area (Å²) in [6, 6.07) is 3.74. The van der Waals surface area contributed by atoms with Gasteiger partial charge >= 0.3 is 0 Å². The van der Waals surface area contributed by atoms with Crippen LogP contribution in [0.15, 0.2) is 22.8 Å². The SMILES string of the molecule is CC(CS(C)=O)NCC(O)COCc1ccco1. The van der Waals surface area contributed by atoms with Crippen LogP contribution in [0.25, 0.3) is 0 Å². The summed E-state index contributed by atoms with van der Waals surface area (Å²) in [5, 5.41) is 12.8. The molecule has 0 aliphatic rings. The highest BCUT2D eigenvalue weighted by molar-refractivity contribution is 7.84. The predicted octanol–water partition coefficient (Wildman–Crippen LogP) is 0.514. The molecular formula is C12H21NO4S. The Balaban J connectivity index is 2.06. The number of aliphatic hydroxyl groups is 1. The van der Waals surface area contributed by atoms with Gasteiger partial charge in [0.2, 0.25) is 0 Å². The lowest BCUT2D eigenvalue weighted by molar-refractivity contribution is 0.0220. The third-order valence-electron chi connectivity index (χ3n) is 2.32. The van der Waals surface area contributed by atoms with Gasteiger partial charge in [0, 0.05) is 35.4 Å². The lowest BCUT2D eigenvalue weighted by Gasteiger charge is -2.16. The molecule has 1 heterocycles. The summed E-state index contributed by atoms with van der Waals surface area (Å²) >= 11 is 0. The van der Waals surface area contributed by atoms with Crippen LogP contribution in [0.2, 0.25) is 0 Å². The molecule has 1 aromatic heterocycles. The van der Waals surface area contributed by atoms with Crippen LogP contribution in [0.3, 0.4) is 0 Å². The molecule has 0 aromatic carbocycles. The van der Waals surface area contributed by atoms with E-state index in [4.69, 9.17) is 9.15 Å². The molecule has 0 saturated heterocycles. The van der Waals surface area contributed by atoms with Crippen LogP contribution in [0.1, 0.15) is 12.7 Å². The molecule has 0 saturated carbocycles. The molecule has 5 nitrogen and oxygen atoms in total. The minimum Gasteiger partial charge on any atom is -0.467 e. The molecular weight excluding hydrogens is 254 g/mol. The zero-order valence-corrected chi connectivity index (χ0v) is 11.6. The van der Waals surface area contributed by atoms with Crippen LogP contribution in [0, 0.1) is 0 Å². The Labute approximate surface area is 110 Å². The first kappa shape index (κ1) is 15.4. The van der Waals surface area contributed by atoms with Crippen molar-refractivity contribution < 1.29 is 18.5 Å². The van der Waals surface area contributed by atoms with Crippen LogP contribution in [-0.2, 0) is 22.1 Å². The normalized spacial score (nSPS) is 16.4. The topological polar surface area (TPSA) is 71.7 Å². The van der Waals surface area contributed by atoms with E-state index in [1.807, 2.05) is 13.0 Å². The highest BCUT2D eigenvalue weighted by Crippen LogP contribution is 2.02. The number of rotatable bonds is 9. The van der Waals surface area contributed by atoms with Crippen LogP contribution in [0.4, 0.5) is 0 Å². The van der Waals surface area contributed by atoms with Crippen molar-refractivity contribution in [1.82, 2.24) is 5.32 Å². The quantitative estimate of drug-likeness (QED) is 0.687. The summed E-state index contributed by atoms with van der Waals surface area (Å²) < 4.78 is 21.4. The van der Waals surface area contributed by atoms with Crippen molar-refractivity contribution in [1.29, 1.82) is 0 Å². The van der Waals surface area contributed by atoms with Crippen LogP contribution in [0.5, 0.6) is 0 Å². The molecule has 1 aromatic rings. The molecule has 2 N–H and O–H groups in total. The first-order chi connectivity index (χ1) is 8.58.